The number of hydrogen-bond donors (Lipinski definition) is 1. The van der Waals surface area contributed by atoms with Crippen LogP contribution in [0.3, 0.4) is 0 Å². The fourth-order valence-electron chi connectivity index (χ4n) is 2.95. The molecule has 7 nitrogen and oxygen atoms in total. The smallest absolute Gasteiger partial charge is 0.387 e. The molecule has 0 aliphatic carbocycles. The van der Waals surface area contributed by atoms with Gasteiger partial charge in [0.25, 0.3) is 5.91 Å². The molecule has 32 heavy (non-hydrogen) atoms. The summed E-state index contributed by atoms with van der Waals surface area (Å²) in [6.07, 6.45) is 0.339. The van der Waals surface area contributed by atoms with Gasteiger partial charge in [-0.15, -0.1) is 0 Å². The van der Waals surface area contributed by atoms with Crippen molar-refractivity contribution < 1.29 is 35.9 Å². The molecule has 0 bridgehead atoms. The number of halogens is 2. The number of sulfone groups is 1. The summed E-state index contributed by atoms with van der Waals surface area (Å²) in [6, 6.07) is 15.4. The number of nitrogens with one attached hydrogen (secondary N) is 1. The quantitative estimate of drug-likeness (QED) is 0.489. The first-order valence-electron chi connectivity index (χ1n) is 9.55. The first-order chi connectivity index (χ1) is 15.3. The number of furan rings is 1. The van der Waals surface area contributed by atoms with Crippen LogP contribution in [0.1, 0.15) is 21.9 Å². The summed E-state index contributed by atoms with van der Waals surface area (Å²) in [6.45, 7) is -2.80. The van der Waals surface area contributed by atoms with E-state index in [0.29, 0.717) is 12.0 Å². The Morgan fingerprint density at radius 3 is 2.50 bits per heavy atom. The molecule has 0 aliphatic rings. The Hall–Kier alpha value is -3.40. The molecular formula is C22H21F2NO6S. The maximum Gasteiger partial charge on any atom is 0.387 e. The van der Waals surface area contributed by atoms with Crippen molar-refractivity contribution in [3.8, 4) is 11.5 Å². The van der Waals surface area contributed by atoms with Crippen molar-refractivity contribution in [2.45, 2.75) is 23.7 Å². The van der Waals surface area contributed by atoms with Gasteiger partial charge in [-0.05, 0) is 48.4 Å². The van der Waals surface area contributed by atoms with Crippen LogP contribution in [0, 0.1) is 0 Å². The van der Waals surface area contributed by atoms with E-state index in [9.17, 15) is 22.0 Å². The number of alkyl halides is 2. The van der Waals surface area contributed by atoms with Gasteiger partial charge in [-0.1, -0.05) is 24.3 Å². The lowest BCUT2D eigenvalue weighted by atomic mass is 10.1. The summed E-state index contributed by atoms with van der Waals surface area (Å²) in [5, 5.41) is 2.64. The maximum absolute atomic E-state index is 12.5. The van der Waals surface area contributed by atoms with Crippen LogP contribution in [-0.4, -0.2) is 34.6 Å². The molecule has 3 rings (SSSR count). The standard InChI is InChI=1S/C22H21F2NO6S/c1-29-18-9-7-15(13-20(18)31-22(23)24)11-12-25-21(26)19-10-8-16(30-19)14-32(27,28)17-5-3-2-4-6-17/h2-10,13,22H,11-12,14H2,1H3,(H,25,26). The van der Waals surface area contributed by atoms with Gasteiger partial charge in [-0.3, -0.25) is 4.79 Å². The highest BCUT2D eigenvalue weighted by molar-refractivity contribution is 7.90. The van der Waals surface area contributed by atoms with Crippen LogP contribution >= 0.6 is 0 Å². The zero-order valence-corrected chi connectivity index (χ0v) is 17.9. The van der Waals surface area contributed by atoms with Crippen LogP contribution in [0.2, 0.25) is 0 Å². The van der Waals surface area contributed by atoms with E-state index in [2.05, 4.69) is 10.1 Å². The molecule has 3 aromatic rings. The molecule has 1 heterocycles. The van der Waals surface area contributed by atoms with E-state index in [-0.39, 0.29) is 40.2 Å². The van der Waals surface area contributed by atoms with Gasteiger partial charge in [0, 0.05) is 6.54 Å². The monoisotopic (exact) mass is 465 g/mol. The molecule has 0 saturated carbocycles. The summed E-state index contributed by atoms with van der Waals surface area (Å²) in [7, 11) is -2.25. The Bertz CT molecular complexity index is 1160. The van der Waals surface area contributed by atoms with Crippen molar-refractivity contribution in [1.82, 2.24) is 5.32 Å². The molecular weight excluding hydrogens is 444 g/mol. The molecule has 0 unspecified atom stereocenters. The Balaban J connectivity index is 1.57. The number of amides is 1. The zero-order valence-electron chi connectivity index (χ0n) is 17.1. The summed E-state index contributed by atoms with van der Waals surface area (Å²) in [5.41, 5.74) is 0.649. The number of benzene rings is 2. The van der Waals surface area contributed by atoms with Crippen LogP contribution in [0.15, 0.2) is 70.0 Å². The van der Waals surface area contributed by atoms with Crippen molar-refractivity contribution in [3.05, 3.63) is 77.7 Å². The molecule has 170 valence electrons. The summed E-state index contributed by atoms with van der Waals surface area (Å²) in [4.78, 5) is 12.5. The molecule has 1 N–H and O–H groups in total. The van der Waals surface area contributed by atoms with Crippen molar-refractivity contribution in [2.24, 2.45) is 0 Å². The van der Waals surface area contributed by atoms with Gasteiger partial charge < -0.3 is 19.2 Å². The Kier molecular flexibility index (Phi) is 7.47. The zero-order chi connectivity index (χ0) is 23.1. The van der Waals surface area contributed by atoms with Crippen molar-refractivity contribution in [1.29, 1.82) is 0 Å². The third-order valence-corrected chi connectivity index (χ3v) is 6.12. The molecule has 1 amide bonds. The first-order valence-corrected chi connectivity index (χ1v) is 11.2. The predicted octanol–water partition coefficient (Wildman–Crippen LogP) is 3.84. The van der Waals surface area contributed by atoms with Crippen LogP contribution in [0.25, 0.3) is 0 Å². The van der Waals surface area contributed by atoms with E-state index in [4.69, 9.17) is 9.15 Å². The number of methoxy groups -OCH3 is 1. The Morgan fingerprint density at radius 1 is 1.06 bits per heavy atom. The van der Waals surface area contributed by atoms with E-state index in [1.54, 1.807) is 24.3 Å². The lowest BCUT2D eigenvalue weighted by Gasteiger charge is -2.11. The number of carbonyl (C=O) groups excluding carboxylic acids is 1. The van der Waals surface area contributed by atoms with Gasteiger partial charge in [0.2, 0.25) is 0 Å². The minimum absolute atomic E-state index is 0.0280. The third kappa shape index (κ3) is 6.07. The summed E-state index contributed by atoms with van der Waals surface area (Å²) >= 11 is 0. The van der Waals surface area contributed by atoms with E-state index in [1.165, 1.54) is 43.5 Å². The predicted molar refractivity (Wildman–Crippen MR) is 112 cm³/mol. The highest BCUT2D eigenvalue weighted by Gasteiger charge is 2.19. The average Bonchev–Trinajstić information content (AvgIpc) is 3.22. The van der Waals surface area contributed by atoms with Crippen molar-refractivity contribution in [2.75, 3.05) is 13.7 Å². The Labute approximate surface area is 183 Å². The van der Waals surface area contributed by atoms with E-state index in [0.717, 1.165) is 0 Å². The fourth-order valence-corrected chi connectivity index (χ4v) is 4.22. The van der Waals surface area contributed by atoms with E-state index < -0.39 is 22.4 Å². The minimum Gasteiger partial charge on any atom is -0.493 e. The molecule has 0 radical (unpaired) electrons. The third-order valence-electron chi connectivity index (χ3n) is 4.46. The number of ether oxygens (including phenoxy) is 2. The maximum atomic E-state index is 12.5. The largest absolute Gasteiger partial charge is 0.493 e. The van der Waals surface area contributed by atoms with Crippen molar-refractivity contribution in [3.63, 3.8) is 0 Å². The second kappa shape index (κ2) is 10.3. The van der Waals surface area contributed by atoms with E-state index in [1.807, 2.05) is 0 Å². The van der Waals surface area contributed by atoms with Gasteiger partial charge in [0.15, 0.2) is 27.1 Å². The fraction of sp³-hybridized carbons (Fsp3) is 0.227. The average molecular weight is 465 g/mol. The van der Waals surface area contributed by atoms with Gasteiger partial charge in [0.05, 0.1) is 12.0 Å². The minimum atomic E-state index is -3.60. The van der Waals surface area contributed by atoms with Gasteiger partial charge in [-0.25, -0.2) is 8.42 Å². The molecule has 0 spiro atoms. The van der Waals surface area contributed by atoms with Crippen LogP contribution in [-0.2, 0) is 22.0 Å². The topological polar surface area (TPSA) is 94.8 Å². The number of rotatable bonds is 10. The molecule has 10 heteroatoms. The molecule has 0 atom stereocenters. The van der Waals surface area contributed by atoms with Crippen molar-refractivity contribution >= 4 is 15.7 Å². The number of carbonyl (C=O) groups is 1. The molecule has 1 aromatic heterocycles. The molecule has 0 aliphatic heterocycles. The molecule has 0 fully saturated rings. The summed E-state index contributed by atoms with van der Waals surface area (Å²) < 4.78 is 64.7. The van der Waals surface area contributed by atoms with E-state index >= 15 is 0 Å². The summed E-state index contributed by atoms with van der Waals surface area (Å²) in [5.74, 6) is -0.704. The van der Waals surface area contributed by atoms with Gasteiger partial charge in [-0.2, -0.15) is 8.78 Å². The highest BCUT2D eigenvalue weighted by atomic mass is 32.2. The van der Waals surface area contributed by atoms with Crippen LogP contribution in [0.4, 0.5) is 8.78 Å². The van der Waals surface area contributed by atoms with Gasteiger partial charge >= 0.3 is 6.61 Å². The second-order valence-electron chi connectivity index (χ2n) is 6.71. The second-order valence-corrected chi connectivity index (χ2v) is 8.70. The number of hydrogen-bond acceptors (Lipinski definition) is 6. The lowest BCUT2D eigenvalue weighted by molar-refractivity contribution is -0.0512. The first kappa shape index (κ1) is 23.3. The lowest BCUT2D eigenvalue weighted by Crippen LogP contribution is -2.25. The Morgan fingerprint density at radius 2 is 1.81 bits per heavy atom. The van der Waals surface area contributed by atoms with Gasteiger partial charge in [0.1, 0.15) is 11.5 Å². The SMILES string of the molecule is COc1ccc(CCNC(=O)c2ccc(CS(=O)(=O)c3ccccc3)o2)cc1OC(F)F. The normalized spacial score (nSPS) is 11.4. The van der Waals surface area contributed by atoms with Crippen LogP contribution < -0.4 is 14.8 Å². The highest BCUT2D eigenvalue weighted by Crippen LogP contribution is 2.29. The molecule has 0 saturated heterocycles. The van der Waals surface area contributed by atoms with Crippen LogP contribution in [0.5, 0.6) is 11.5 Å². The molecule has 2 aromatic carbocycles.